The highest BCUT2D eigenvalue weighted by Gasteiger charge is 2.25. The molecule has 14 heavy (non-hydrogen) atoms. The average molecular weight is 199 g/mol. The van der Waals surface area contributed by atoms with Crippen LogP contribution in [0.3, 0.4) is 0 Å². The minimum atomic E-state index is -0.509. The standard InChI is InChI=1S/C9H17N3O2/c1-9(2,10)5-8(14)12-4-3-11-7(13)6-12/h3-6,10H2,1-2H3,(H,11,13). The number of nitrogens with one attached hydrogen (secondary N) is 1. The zero-order valence-corrected chi connectivity index (χ0v) is 8.67. The van der Waals surface area contributed by atoms with Crippen LogP contribution in [0.5, 0.6) is 0 Å². The molecule has 1 rings (SSSR count). The van der Waals surface area contributed by atoms with Gasteiger partial charge in [-0.1, -0.05) is 0 Å². The van der Waals surface area contributed by atoms with Crippen LogP contribution in [0.4, 0.5) is 0 Å². The Bertz CT molecular complexity index is 245. The SMILES string of the molecule is CC(C)(N)CC(=O)N1CCNC(=O)C1. The third-order valence-electron chi connectivity index (χ3n) is 2.00. The van der Waals surface area contributed by atoms with Crippen LogP contribution in [-0.4, -0.2) is 41.9 Å². The van der Waals surface area contributed by atoms with E-state index in [-0.39, 0.29) is 24.8 Å². The fourth-order valence-corrected chi connectivity index (χ4v) is 1.35. The molecule has 1 aliphatic rings. The van der Waals surface area contributed by atoms with E-state index in [1.807, 2.05) is 0 Å². The molecule has 0 unspecified atom stereocenters. The maximum Gasteiger partial charge on any atom is 0.239 e. The van der Waals surface area contributed by atoms with E-state index < -0.39 is 5.54 Å². The van der Waals surface area contributed by atoms with Gasteiger partial charge in [-0.15, -0.1) is 0 Å². The van der Waals surface area contributed by atoms with Gasteiger partial charge in [0.05, 0.1) is 6.54 Å². The topological polar surface area (TPSA) is 75.4 Å². The first-order valence-electron chi connectivity index (χ1n) is 4.72. The number of nitrogens with zero attached hydrogens (tertiary/aromatic N) is 1. The first-order valence-corrected chi connectivity index (χ1v) is 4.72. The van der Waals surface area contributed by atoms with Crippen molar-refractivity contribution in [3.05, 3.63) is 0 Å². The summed E-state index contributed by atoms with van der Waals surface area (Å²) in [5.41, 5.74) is 5.22. The number of nitrogens with two attached hydrogens (primary N) is 1. The maximum absolute atomic E-state index is 11.6. The third-order valence-corrected chi connectivity index (χ3v) is 2.00. The van der Waals surface area contributed by atoms with Crippen LogP contribution in [0.2, 0.25) is 0 Å². The highest BCUT2D eigenvalue weighted by molar-refractivity contribution is 5.86. The van der Waals surface area contributed by atoms with Gasteiger partial charge < -0.3 is 16.0 Å². The van der Waals surface area contributed by atoms with Gasteiger partial charge in [-0.3, -0.25) is 9.59 Å². The zero-order valence-electron chi connectivity index (χ0n) is 8.67. The van der Waals surface area contributed by atoms with E-state index in [1.54, 1.807) is 18.7 Å². The molecule has 2 amide bonds. The van der Waals surface area contributed by atoms with E-state index in [0.717, 1.165) is 0 Å². The van der Waals surface area contributed by atoms with Crippen molar-refractivity contribution in [2.45, 2.75) is 25.8 Å². The van der Waals surface area contributed by atoms with Gasteiger partial charge in [-0.25, -0.2) is 0 Å². The molecule has 80 valence electrons. The van der Waals surface area contributed by atoms with Gasteiger partial charge in [0.15, 0.2) is 0 Å². The highest BCUT2D eigenvalue weighted by Crippen LogP contribution is 2.07. The van der Waals surface area contributed by atoms with E-state index in [4.69, 9.17) is 5.73 Å². The van der Waals surface area contributed by atoms with Crippen LogP contribution in [-0.2, 0) is 9.59 Å². The van der Waals surface area contributed by atoms with Gasteiger partial charge in [-0.2, -0.15) is 0 Å². The highest BCUT2D eigenvalue weighted by atomic mass is 16.2. The van der Waals surface area contributed by atoms with Crippen molar-refractivity contribution in [1.29, 1.82) is 0 Å². The number of carbonyl (C=O) groups is 2. The summed E-state index contributed by atoms with van der Waals surface area (Å²) >= 11 is 0. The zero-order chi connectivity index (χ0) is 10.8. The van der Waals surface area contributed by atoms with Gasteiger partial charge >= 0.3 is 0 Å². The summed E-state index contributed by atoms with van der Waals surface area (Å²) in [7, 11) is 0. The lowest BCUT2D eigenvalue weighted by Crippen LogP contribution is -2.51. The summed E-state index contributed by atoms with van der Waals surface area (Å²) in [5, 5.41) is 2.67. The number of piperazine rings is 1. The molecule has 5 heteroatoms. The van der Waals surface area contributed by atoms with Crippen molar-refractivity contribution in [1.82, 2.24) is 10.2 Å². The van der Waals surface area contributed by atoms with Crippen molar-refractivity contribution in [3.63, 3.8) is 0 Å². The lowest BCUT2D eigenvalue weighted by molar-refractivity contribution is -0.138. The van der Waals surface area contributed by atoms with E-state index in [1.165, 1.54) is 0 Å². The summed E-state index contributed by atoms with van der Waals surface area (Å²) in [6, 6.07) is 0. The first kappa shape index (κ1) is 11.0. The van der Waals surface area contributed by atoms with Crippen molar-refractivity contribution in [2.75, 3.05) is 19.6 Å². The lowest BCUT2D eigenvalue weighted by Gasteiger charge is -2.29. The lowest BCUT2D eigenvalue weighted by atomic mass is 10.0. The largest absolute Gasteiger partial charge is 0.353 e. The molecule has 0 aromatic rings. The first-order chi connectivity index (χ1) is 6.38. The van der Waals surface area contributed by atoms with E-state index in [0.29, 0.717) is 13.1 Å². The number of hydrogen-bond acceptors (Lipinski definition) is 3. The minimum Gasteiger partial charge on any atom is -0.353 e. The molecule has 1 aliphatic heterocycles. The predicted octanol–water partition coefficient (Wildman–Crippen LogP) is -0.928. The molecule has 5 nitrogen and oxygen atoms in total. The second-order valence-corrected chi connectivity index (χ2v) is 4.33. The molecule has 1 heterocycles. The molecule has 3 N–H and O–H groups in total. The Morgan fingerprint density at radius 3 is 2.79 bits per heavy atom. The molecule has 0 atom stereocenters. The fraction of sp³-hybridized carbons (Fsp3) is 0.778. The van der Waals surface area contributed by atoms with Crippen LogP contribution in [0.15, 0.2) is 0 Å². The molecule has 0 aromatic carbocycles. The average Bonchev–Trinajstić information content (AvgIpc) is 2.01. The van der Waals surface area contributed by atoms with Crippen molar-refractivity contribution >= 4 is 11.8 Å². The summed E-state index contributed by atoms with van der Waals surface area (Å²) in [6.45, 7) is 4.88. The summed E-state index contributed by atoms with van der Waals surface area (Å²) in [5.74, 6) is -0.147. The molecule has 0 spiro atoms. The summed E-state index contributed by atoms with van der Waals surface area (Å²) in [6.07, 6.45) is 0.278. The Morgan fingerprint density at radius 1 is 1.64 bits per heavy atom. The Labute approximate surface area is 83.6 Å². The maximum atomic E-state index is 11.6. The molecule has 1 saturated heterocycles. The van der Waals surface area contributed by atoms with Gasteiger partial charge in [-0.05, 0) is 13.8 Å². The van der Waals surface area contributed by atoms with E-state index in [2.05, 4.69) is 5.32 Å². The molecule has 1 fully saturated rings. The Balaban J connectivity index is 2.48. The third kappa shape index (κ3) is 3.33. The summed E-state index contributed by atoms with van der Waals surface area (Å²) < 4.78 is 0. The molecular weight excluding hydrogens is 182 g/mol. The van der Waals surface area contributed by atoms with Gasteiger partial charge in [0, 0.05) is 25.0 Å². The minimum absolute atomic E-state index is 0.0487. The van der Waals surface area contributed by atoms with Crippen molar-refractivity contribution in [3.8, 4) is 0 Å². The second kappa shape index (κ2) is 3.96. The number of rotatable bonds is 2. The van der Waals surface area contributed by atoms with E-state index in [9.17, 15) is 9.59 Å². The van der Waals surface area contributed by atoms with Crippen LogP contribution >= 0.6 is 0 Å². The van der Waals surface area contributed by atoms with Crippen LogP contribution in [0.25, 0.3) is 0 Å². The summed E-state index contributed by atoms with van der Waals surface area (Å²) in [4.78, 5) is 24.2. The van der Waals surface area contributed by atoms with Gasteiger partial charge in [0.1, 0.15) is 0 Å². The Kier molecular flexibility index (Phi) is 3.10. The van der Waals surface area contributed by atoms with Crippen LogP contribution in [0.1, 0.15) is 20.3 Å². The molecule has 0 saturated carbocycles. The number of carbonyl (C=O) groups excluding carboxylic acids is 2. The van der Waals surface area contributed by atoms with Crippen LogP contribution < -0.4 is 11.1 Å². The molecule has 0 bridgehead atoms. The smallest absolute Gasteiger partial charge is 0.239 e. The monoisotopic (exact) mass is 199 g/mol. The number of amides is 2. The van der Waals surface area contributed by atoms with Gasteiger partial charge in [0.25, 0.3) is 0 Å². The van der Waals surface area contributed by atoms with Crippen molar-refractivity contribution in [2.24, 2.45) is 5.73 Å². The normalized spacial score (nSPS) is 17.9. The molecular formula is C9H17N3O2. The van der Waals surface area contributed by atoms with E-state index >= 15 is 0 Å². The fourth-order valence-electron chi connectivity index (χ4n) is 1.35. The Morgan fingerprint density at radius 2 is 2.29 bits per heavy atom. The molecule has 0 aliphatic carbocycles. The van der Waals surface area contributed by atoms with Crippen LogP contribution in [0, 0.1) is 0 Å². The number of hydrogen-bond donors (Lipinski definition) is 2. The Hall–Kier alpha value is -1.10. The second-order valence-electron chi connectivity index (χ2n) is 4.33. The molecule has 0 radical (unpaired) electrons. The van der Waals surface area contributed by atoms with Crippen molar-refractivity contribution < 1.29 is 9.59 Å². The predicted molar refractivity (Wildman–Crippen MR) is 52.5 cm³/mol. The van der Waals surface area contributed by atoms with Gasteiger partial charge in [0.2, 0.25) is 11.8 Å². The quantitative estimate of drug-likeness (QED) is 0.603. The molecule has 0 aromatic heterocycles.